The van der Waals surface area contributed by atoms with E-state index in [4.69, 9.17) is 9.47 Å². The van der Waals surface area contributed by atoms with Crippen molar-refractivity contribution in [3.8, 4) is 11.5 Å². The molecular formula is C21H22FN3O3. The number of aromatic nitrogens is 2. The number of fused-ring (bicyclic) bond motifs is 1. The number of rotatable bonds is 4. The van der Waals surface area contributed by atoms with Crippen LogP contribution in [0.4, 0.5) is 10.2 Å². The van der Waals surface area contributed by atoms with Gasteiger partial charge < -0.3 is 19.5 Å². The number of anilines is 1. The first-order valence-corrected chi connectivity index (χ1v) is 9.13. The molecule has 0 spiro atoms. The third-order valence-electron chi connectivity index (χ3n) is 5.36. The van der Waals surface area contributed by atoms with Crippen molar-refractivity contribution < 1.29 is 19.0 Å². The second kappa shape index (κ2) is 7.24. The molecule has 4 rings (SSSR count). The standard InChI is InChI=1S/C21H22FN3O3/c1-27-16-9-14(10-17(12-16)28-2)21(26)5-7-25(8-6-21)20-18-11-15(22)3-4-19(18)23-13-24-20/h3-4,9-13,26H,5-8H2,1-2H3. The molecule has 3 aromatic rings. The largest absolute Gasteiger partial charge is 0.497 e. The highest BCUT2D eigenvalue weighted by Crippen LogP contribution is 2.38. The topological polar surface area (TPSA) is 67.7 Å². The molecule has 0 radical (unpaired) electrons. The fourth-order valence-corrected chi connectivity index (χ4v) is 3.72. The van der Waals surface area contributed by atoms with Gasteiger partial charge in [0.1, 0.15) is 29.5 Å². The Bertz CT molecular complexity index is 981. The smallest absolute Gasteiger partial charge is 0.139 e. The van der Waals surface area contributed by atoms with Crippen molar-refractivity contribution in [2.75, 3.05) is 32.2 Å². The number of halogens is 1. The molecular weight excluding hydrogens is 361 g/mol. The van der Waals surface area contributed by atoms with Gasteiger partial charge >= 0.3 is 0 Å². The molecule has 0 amide bonds. The molecule has 1 N–H and O–H groups in total. The highest BCUT2D eigenvalue weighted by Gasteiger charge is 2.35. The summed E-state index contributed by atoms with van der Waals surface area (Å²) in [5, 5.41) is 12.0. The first kappa shape index (κ1) is 18.4. The Morgan fingerprint density at radius 3 is 2.32 bits per heavy atom. The maximum atomic E-state index is 13.7. The number of piperidine rings is 1. The third-order valence-corrected chi connectivity index (χ3v) is 5.36. The van der Waals surface area contributed by atoms with Crippen molar-refractivity contribution in [1.29, 1.82) is 0 Å². The molecule has 146 valence electrons. The summed E-state index contributed by atoms with van der Waals surface area (Å²) in [7, 11) is 3.18. The minimum Gasteiger partial charge on any atom is -0.497 e. The lowest BCUT2D eigenvalue weighted by Crippen LogP contribution is -2.43. The van der Waals surface area contributed by atoms with Crippen LogP contribution in [0.1, 0.15) is 18.4 Å². The fraction of sp³-hybridized carbons (Fsp3) is 0.333. The van der Waals surface area contributed by atoms with Gasteiger partial charge in [0.05, 0.1) is 25.3 Å². The number of aliphatic hydroxyl groups is 1. The molecule has 0 saturated carbocycles. The summed E-state index contributed by atoms with van der Waals surface area (Å²) in [6.45, 7) is 1.16. The molecule has 0 unspecified atom stereocenters. The molecule has 6 nitrogen and oxygen atoms in total. The normalized spacial score (nSPS) is 16.2. The van der Waals surface area contributed by atoms with Crippen molar-refractivity contribution in [3.63, 3.8) is 0 Å². The molecule has 28 heavy (non-hydrogen) atoms. The van der Waals surface area contributed by atoms with Crippen LogP contribution in [0.5, 0.6) is 11.5 Å². The van der Waals surface area contributed by atoms with Crippen LogP contribution in [0, 0.1) is 5.82 Å². The Morgan fingerprint density at radius 1 is 1.00 bits per heavy atom. The first-order chi connectivity index (χ1) is 13.5. The zero-order valence-electron chi connectivity index (χ0n) is 15.9. The molecule has 7 heteroatoms. The van der Waals surface area contributed by atoms with E-state index in [0.29, 0.717) is 54.2 Å². The summed E-state index contributed by atoms with van der Waals surface area (Å²) in [5.41, 5.74) is 0.471. The molecule has 1 fully saturated rings. The summed E-state index contributed by atoms with van der Waals surface area (Å²) in [6.07, 6.45) is 2.50. The van der Waals surface area contributed by atoms with E-state index in [2.05, 4.69) is 14.9 Å². The van der Waals surface area contributed by atoms with Crippen LogP contribution in [0.15, 0.2) is 42.7 Å². The van der Waals surface area contributed by atoms with Gasteiger partial charge in [0, 0.05) is 24.5 Å². The Balaban J connectivity index is 1.61. The van der Waals surface area contributed by atoms with Crippen molar-refractivity contribution in [2.24, 2.45) is 0 Å². The Hall–Kier alpha value is -2.93. The van der Waals surface area contributed by atoms with Gasteiger partial charge in [0.2, 0.25) is 0 Å². The van der Waals surface area contributed by atoms with E-state index in [1.165, 1.54) is 18.5 Å². The molecule has 1 aliphatic rings. The summed E-state index contributed by atoms with van der Waals surface area (Å²) in [6, 6.07) is 9.96. The molecule has 0 aliphatic carbocycles. The summed E-state index contributed by atoms with van der Waals surface area (Å²) < 4.78 is 24.4. The quantitative estimate of drug-likeness (QED) is 0.746. The van der Waals surface area contributed by atoms with Gasteiger partial charge in [0.25, 0.3) is 0 Å². The van der Waals surface area contributed by atoms with Gasteiger partial charge in [-0.1, -0.05) is 0 Å². The van der Waals surface area contributed by atoms with Crippen LogP contribution in [0.25, 0.3) is 10.9 Å². The minimum atomic E-state index is -0.994. The highest BCUT2D eigenvalue weighted by molar-refractivity contribution is 5.89. The summed E-state index contributed by atoms with van der Waals surface area (Å²) in [5.74, 6) is 1.65. The number of benzene rings is 2. The predicted octanol–water partition coefficient (Wildman–Crippen LogP) is 3.27. The Labute approximate surface area is 162 Å². The lowest BCUT2D eigenvalue weighted by Gasteiger charge is -2.39. The minimum absolute atomic E-state index is 0.319. The van der Waals surface area contributed by atoms with Gasteiger partial charge in [-0.3, -0.25) is 0 Å². The second-order valence-corrected chi connectivity index (χ2v) is 6.98. The lowest BCUT2D eigenvalue weighted by atomic mass is 9.84. The molecule has 0 bridgehead atoms. The van der Waals surface area contributed by atoms with E-state index in [-0.39, 0.29) is 5.82 Å². The number of ether oxygens (including phenoxy) is 2. The van der Waals surface area contributed by atoms with Gasteiger partial charge in [-0.05, 0) is 48.7 Å². The van der Waals surface area contributed by atoms with Crippen molar-refractivity contribution in [1.82, 2.24) is 9.97 Å². The van der Waals surface area contributed by atoms with Crippen LogP contribution in [0.3, 0.4) is 0 Å². The zero-order chi connectivity index (χ0) is 19.7. The van der Waals surface area contributed by atoms with Crippen molar-refractivity contribution in [3.05, 3.63) is 54.1 Å². The zero-order valence-corrected chi connectivity index (χ0v) is 15.9. The van der Waals surface area contributed by atoms with Crippen LogP contribution in [-0.2, 0) is 5.60 Å². The lowest BCUT2D eigenvalue weighted by molar-refractivity contribution is 0.0113. The van der Waals surface area contributed by atoms with Crippen LogP contribution in [-0.4, -0.2) is 42.4 Å². The van der Waals surface area contributed by atoms with Gasteiger partial charge in [-0.15, -0.1) is 0 Å². The van der Waals surface area contributed by atoms with E-state index in [1.54, 1.807) is 26.4 Å². The number of hydrogen-bond acceptors (Lipinski definition) is 6. The van der Waals surface area contributed by atoms with Crippen LogP contribution < -0.4 is 14.4 Å². The van der Waals surface area contributed by atoms with Gasteiger partial charge in [0.15, 0.2) is 0 Å². The van der Waals surface area contributed by atoms with E-state index in [0.717, 1.165) is 5.56 Å². The third kappa shape index (κ3) is 3.33. The SMILES string of the molecule is COc1cc(OC)cc(C2(O)CCN(c3ncnc4ccc(F)cc34)CC2)c1. The van der Waals surface area contributed by atoms with Crippen LogP contribution >= 0.6 is 0 Å². The Morgan fingerprint density at radius 2 is 1.68 bits per heavy atom. The van der Waals surface area contributed by atoms with Gasteiger partial charge in [-0.2, -0.15) is 0 Å². The predicted molar refractivity (Wildman–Crippen MR) is 104 cm³/mol. The number of nitrogens with zero attached hydrogens (tertiary/aromatic N) is 3. The van der Waals surface area contributed by atoms with E-state index >= 15 is 0 Å². The fourth-order valence-electron chi connectivity index (χ4n) is 3.72. The number of methoxy groups -OCH3 is 2. The maximum absolute atomic E-state index is 13.7. The average molecular weight is 383 g/mol. The number of hydrogen-bond donors (Lipinski definition) is 1. The molecule has 2 aromatic carbocycles. The van der Waals surface area contributed by atoms with E-state index in [1.807, 2.05) is 12.1 Å². The second-order valence-electron chi connectivity index (χ2n) is 6.98. The molecule has 0 atom stereocenters. The summed E-state index contributed by atoms with van der Waals surface area (Å²) >= 11 is 0. The average Bonchev–Trinajstić information content (AvgIpc) is 2.73. The molecule has 1 saturated heterocycles. The molecule has 1 aliphatic heterocycles. The van der Waals surface area contributed by atoms with Gasteiger partial charge in [-0.25, -0.2) is 14.4 Å². The van der Waals surface area contributed by atoms with E-state index in [9.17, 15) is 9.50 Å². The van der Waals surface area contributed by atoms with Crippen molar-refractivity contribution >= 4 is 16.7 Å². The maximum Gasteiger partial charge on any atom is 0.139 e. The summed E-state index contributed by atoms with van der Waals surface area (Å²) in [4.78, 5) is 10.6. The first-order valence-electron chi connectivity index (χ1n) is 9.13. The Kier molecular flexibility index (Phi) is 4.77. The highest BCUT2D eigenvalue weighted by atomic mass is 19.1. The van der Waals surface area contributed by atoms with E-state index < -0.39 is 5.60 Å². The van der Waals surface area contributed by atoms with Crippen LogP contribution in [0.2, 0.25) is 0 Å². The molecule has 2 heterocycles. The molecule has 1 aromatic heterocycles. The van der Waals surface area contributed by atoms with Crippen molar-refractivity contribution in [2.45, 2.75) is 18.4 Å². The monoisotopic (exact) mass is 383 g/mol.